The zero-order valence-electron chi connectivity index (χ0n) is 83.4. The molecule has 0 bridgehead atoms. The van der Waals surface area contributed by atoms with E-state index in [1.54, 1.807) is 133 Å². The molecule has 3 aromatic carbocycles. The van der Waals surface area contributed by atoms with Crippen molar-refractivity contribution < 1.29 is 71.9 Å². The summed E-state index contributed by atoms with van der Waals surface area (Å²) in [5.41, 5.74) is 66.2. The number of carbonyl (C=O) groups is 15. The van der Waals surface area contributed by atoms with Crippen molar-refractivity contribution >= 4 is 101 Å². The molecule has 40 N–H and O–H groups in total. The Morgan fingerprint density at radius 2 is 0.440 bits per heavy atom. The number of benzene rings is 3. The maximum absolute atomic E-state index is 15.5. The fourth-order valence-corrected chi connectivity index (χ4v) is 15.5. The second kappa shape index (κ2) is 70.5. The van der Waals surface area contributed by atoms with Crippen LogP contribution in [0.15, 0.2) is 91.0 Å². The van der Waals surface area contributed by atoms with Crippen LogP contribution < -0.4 is 148 Å². The summed E-state index contributed by atoms with van der Waals surface area (Å²) >= 11 is 0. The fourth-order valence-electron chi connectivity index (χ4n) is 15.5. The van der Waals surface area contributed by atoms with Crippen LogP contribution in [-0.4, -0.2) is 250 Å². The van der Waals surface area contributed by atoms with Crippen LogP contribution in [0.25, 0.3) is 0 Å². The maximum Gasteiger partial charge on any atom is 0.243 e. The molecule has 0 aliphatic heterocycles. The van der Waals surface area contributed by atoms with Crippen molar-refractivity contribution in [3.05, 3.63) is 108 Å². The first-order chi connectivity index (χ1) is 67.3. The molecule has 3 aromatic rings. The number of rotatable bonds is 75. The lowest BCUT2D eigenvalue weighted by molar-refractivity contribution is -0.136. The van der Waals surface area contributed by atoms with Gasteiger partial charge in [-0.2, -0.15) is 0 Å². The summed E-state index contributed by atoms with van der Waals surface area (Å²) in [5, 5.41) is 60.1. The number of carbonyl (C=O) groups excluding carboxylic acids is 15. The van der Waals surface area contributed by atoms with Gasteiger partial charge < -0.3 is 148 Å². The molecule has 0 aliphatic rings. The summed E-state index contributed by atoms with van der Waals surface area (Å²) in [6.45, 7) is 12.2. The summed E-state index contributed by atoms with van der Waals surface area (Å²) in [6, 6.07) is 5.79. The second-order valence-corrected chi connectivity index (χ2v) is 36.9. The molecule has 0 radical (unpaired) electrons. The van der Waals surface area contributed by atoms with Crippen molar-refractivity contribution in [1.82, 2.24) is 85.1 Å². The van der Waals surface area contributed by atoms with E-state index < -0.39 is 191 Å². The molecule has 0 unspecified atom stereocenters. The maximum atomic E-state index is 15.5. The highest BCUT2D eigenvalue weighted by Crippen LogP contribution is 2.19. The number of primary amides is 1. The first-order valence-electron chi connectivity index (χ1n) is 49.8. The Morgan fingerprint density at radius 3 is 0.638 bits per heavy atom. The Hall–Kier alpha value is -12.1. The highest BCUT2D eigenvalue weighted by Gasteiger charge is 2.40. The number of guanidine groups is 2. The van der Waals surface area contributed by atoms with E-state index in [1.165, 1.54) is 0 Å². The monoisotopic (exact) mass is 1980 g/mol. The number of nitrogens with one attached hydrogen (secondary N) is 18. The Bertz CT molecular complexity index is 4300. The minimum atomic E-state index is -1.54. The standard InChI is InChI=1S/C97H167N29O15/c1-60(2)56-75(91(137)118-67(39-17-24-48-99)83(129)113-66(38-16-23-47-98)82(128)116-72(44-22-29-53-104)90(136)126-80(62(5)6)81(106)127)122-87(133)69(41-19-26-50-101)115-86(132)73(45-30-54-111-96(107)108)120-93(139)77(58-64-34-12-8-13-35-64)125-94(140)78(59-65-36-14-9-15-37-65)124-88(134)70(42-20-27-51-102)114-84(130)68(40-18-25-49-100)119-92(138)76(57-63-32-10-7-11-33-63)123-89(135)74(46-31-55-112-97(109)110)117-85(131)71(43-21-28-52-103)121-95(141)79(105)61(3)4/h7-15,32-37,60-62,66-80H,16-31,38-59,98-105H2,1-6H3,(H2,106,127)(H,113,129)(H,114,130)(H,115,132)(H,116,128)(H,117,131)(H,118,137)(H,119,138)(H,120,139)(H,121,141)(H,122,133)(H,123,135)(H,124,134)(H,125,140)(H,126,136)(H4,107,108,111)(H4,109,110,112)/t66-,67-,68-,69-,70-,71-,72-,73-,74-,75-,76-,77-,78-,79-,80-/m0/s1. The summed E-state index contributed by atoms with van der Waals surface area (Å²) in [7, 11) is 0. The topological polar surface area (TPSA) is 782 Å². The molecule has 0 heterocycles. The van der Waals surface area contributed by atoms with Crippen molar-refractivity contribution in [1.29, 1.82) is 10.8 Å². The smallest absolute Gasteiger partial charge is 0.243 e. The Labute approximate surface area is 830 Å². The van der Waals surface area contributed by atoms with E-state index in [2.05, 4.69) is 85.1 Å². The summed E-state index contributed by atoms with van der Waals surface area (Å²) < 4.78 is 0. The lowest BCUT2D eigenvalue weighted by Crippen LogP contribution is -2.61. The molecule has 0 saturated heterocycles. The van der Waals surface area contributed by atoms with Crippen LogP contribution in [0.4, 0.5) is 0 Å². The predicted molar refractivity (Wildman–Crippen MR) is 542 cm³/mol. The number of hydrogen-bond acceptors (Lipinski definition) is 25. The zero-order chi connectivity index (χ0) is 105. The van der Waals surface area contributed by atoms with Gasteiger partial charge in [0.25, 0.3) is 0 Å². The average molecular weight is 1980 g/mol. The molecule has 3 rings (SSSR count). The van der Waals surface area contributed by atoms with Crippen LogP contribution in [0.1, 0.15) is 225 Å². The molecule has 0 fully saturated rings. The summed E-state index contributed by atoms with van der Waals surface area (Å²) in [6.07, 6.45) is 4.96. The van der Waals surface area contributed by atoms with Crippen LogP contribution in [0, 0.1) is 28.6 Å². The van der Waals surface area contributed by atoms with Crippen molar-refractivity contribution in [3.63, 3.8) is 0 Å². The molecule has 790 valence electrons. The van der Waals surface area contributed by atoms with Gasteiger partial charge in [0.1, 0.15) is 84.6 Å². The third-order valence-corrected chi connectivity index (χ3v) is 23.7. The van der Waals surface area contributed by atoms with E-state index in [0.29, 0.717) is 100 Å². The zero-order valence-corrected chi connectivity index (χ0v) is 83.4. The van der Waals surface area contributed by atoms with Gasteiger partial charge in [-0.05, 0) is 247 Å². The molecule has 44 heteroatoms. The van der Waals surface area contributed by atoms with Gasteiger partial charge in [0.05, 0.1) is 6.04 Å². The number of amides is 15. The van der Waals surface area contributed by atoms with Gasteiger partial charge in [0, 0.05) is 32.4 Å². The van der Waals surface area contributed by atoms with E-state index >= 15 is 33.6 Å². The van der Waals surface area contributed by atoms with Crippen molar-refractivity contribution in [2.75, 3.05) is 58.9 Å². The average Bonchev–Trinajstić information content (AvgIpc) is 0.831. The molecule has 15 amide bonds. The van der Waals surface area contributed by atoms with Gasteiger partial charge in [0.2, 0.25) is 88.6 Å². The van der Waals surface area contributed by atoms with Crippen LogP contribution in [0.3, 0.4) is 0 Å². The van der Waals surface area contributed by atoms with E-state index in [1.807, 2.05) is 0 Å². The minimum absolute atomic E-state index is 0.000391. The third kappa shape index (κ3) is 50.3. The normalized spacial score (nSPS) is 14.4. The molecule has 0 aromatic heterocycles. The van der Waals surface area contributed by atoms with E-state index in [9.17, 15) is 38.4 Å². The Balaban J connectivity index is 2.16. The first-order valence-corrected chi connectivity index (χ1v) is 49.8. The van der Waals surface area contributed by atoms with Gasteiger partial charge in [0.15, 0.2) is 11.9 Å². The van der Waals surface area contributed by atoms with Gasteiger partial charge >= 0.3 is 0 Å². The Morgan fingerprint density at radius 1 is 0.248 bits per heavy atom. The number of unbranched alkanes of at least 4 members (excludes halogenated alkanes) is 7. The molecule has 0 spiro atoms. The molecular weight excluding hydrogens is 1810 g/mol. The van der Waals surface area contributed by atoms with Crippen LogP contribution in [0.5, 0.6) is 0 Å². The van der Waals surface area contributed by atoms with Crippen LogP contribution >= 0.6 is 0 Å². The largest absolute Gasteiger partial charge is 0.370 e. The molecule has 44 nitrogen and oxygen atoms in total. The lowest BCUT2D eigenvalue weighted by Gasteiger charge is -2.29. The van der Waals surface area contributed by atoms with Gasteiger partial charge in [-0.1, -0.05) is 133 Å². The van der Waals surface area contributed by atoms with Crippen LogP contribution in [0.2, 0.25) is 0 Å². The molecule has 0 saturated carbocycles. The van der Waals surface area contributed by atoms with Crippen molar-refractivity contribution in [2.45, 2.75) is 318 Å². The first kappa shape index (κ1) is 123. The summed E-state index contributed by atoms with van der Waals surface area (Å²) in [4.78, 5) is 220. The van der Waals surface area contributed by atoms with E-state index in [0.717, 1.165) is 0 Å². The third-order valence-electron chi connectivity index (χ3n) is 23.7. The highest BCUT2D eigenvalue weighted by atomic mass is 16.2. The Kier molecular flexibility index (Phi) is 61.6. The SMILES string of the molecule is CC(C)C[C@H](NC(=O)[C@H](CCCCN)NC(=O)[C@H](CCCNC(=N)N)NC(=O)[C@H](Cc1ccccc1)NC(=O)[C@H](Cc1ccccc1)NC(=O)[C@H](CCCCN)NC(=O)[C@H](CCCCN)NC(=O)[C@H](Cc1ccccc1)NC(=O)[C@H](CCCNC(=N)N)NC(=O)[C@H](CCCCN)NC(=O)[C@@H](N)C(C)C)C(=O)N[C@@H](CCCCN)C(=O)N[C@@H](CCCCN)C(=O)N[C@@H](CCCCN)C(=O)N[C@H](C(N)=O)C(C)C. The van der Waals surface area contributed by atoms with E-state index in [4.69, 9.17) is 73.9 Å². The second-order valence-electron chi connectivity index (χ2n) is 36.9. The quantitative estimate of drug-likeness (QED) is 0.0153. The van der Waals surface area contributed by atoms with E-state index in [-0.39, 0.29) is 179 Å². The van der Waals surface area contributed by atoms with Gasteiger partial charge in [-0.15, -0.1) is 0 Å². The highest BCUT2D eigenvalue weighted by molar-refractivity contribution is 6.01. The van der Waals surface area contributed by atoms with Crippen molar-refractivity contribution in [3.8, 4) is 0 Å². The fraction of sp³-hybridized carbons (Fsp3) is 0.639. The van der Waals surface area contributed by atoms with Gasteiger partial charge in [-0.3, -0.25) is 82.7 Å². The molecule has 15 atom stereocenters. The predicted octanol–water partition coefficient (Wildman–Crippen LogP) is -2.90. The van der Waals surface area contributed by atoms with Crippen LogP contribution in [-0.2, 0) is 91.2 Å². The van der Waals surface area contributed by atoms with Gasteiger partial charge in [-0.25, -0.2) is 0 Å². The molecular formula is C97H167N29O15. The molecule has 0 aliphatic carbocycles. The lowest BCUT2D eigenvalue weighted by atomic mass is 10.00. The minimum Gasteiger partial charge on any atom is -0.370 e. The molecule has 141 heavy (non-hydrogen) atoms. The summed E-state index contributed by atoms with van der Waals surface area (Å²) in [5.74, 6) is -13.7. The number of hydrogen-bond donors (Lipinski definition) is 29. The van der Waals surface area contributed by atoms with Crippen molar-refractivity contribution in [2.24, 2.45) is 80.8 Å². The number of nitrogens with two attached hydrogens (primary N) is 11.